The number of amides is 2. The number of carbonyl (C=O) groups is 2. The van der Waals surface area contributed by atoms with Gasteiger partial charge in [-0.3, -0.25) is 14.5 Å². The summed E-state index contributed by atoms with van der Waals surface area (Å²) in [5.41, 5.74) is 4.36. The zero-order valence-electron chi connectivity index (χ0n) is 20.0. The van der Waals surface area contributed by atoms with Gasteiger partial charge in [-0.1, -0.05) is 12.1 Å². The number of morpholine rings is 1. The minimum absolute atomic E-state index is 0.325. The molecular weight excluding hydrogens is 461 g/mol. The molecule has 36 heavy (non-hydrogen) atoms. The summed E-state index contributed by atoms with van der Waals surface area (Å²) >= 11 is 0. The van der Waals surface area contributed by atoms with E-state index in [1.807, 2.05) is 13.0 Å². The van der Waals surface area contributed by atoms with Gasteiger partial charge >= 0.3 is 0 Å². The third-order valence-electron chi connectivity index (χ3n) is 5.87. The van der Waals surface area contributed by atoms with E-state index in [0.717, 1.165) is 24.2 Å². The number of alkyl halides is 1. The number of ether oxygens (including phenoxy) is 1. The molecule has 1 aliphatic rings. The number of aromatic nitrogens is 2. The second kappa shape index (κ2) is 12.1. The number of nitrogens with one attached hydrogen (secondary N) is 2. The van der Waals surface area contributed by atoms with E-state index in [2.05, 4.69) is 25.5 Å². The lowest BCUT2D eigenvalue weighted by Crippen LogP contribution is -2.35. The van der Waals surface area contributed by atoms with Gasteiger partial charge in [-0.25, -0.2) is 14.4 Å². The van der Waals surface area contributed by atoms with Crippen molar-refractivity contribution in [2.24, 2.45) is 0 Å². The van der Waals surface area contributed by atoms with E-state index in [4.69, 9.17) is 4.74 Å². The van der Waals surface area contributed by atoms with Crippen LogP contribution < -0.4 is 10.6 Å². The summed E-state index contributed by atoms with van der Waals surface area (Å²) in [5, 5.41) is 5.65. The van der Waals surface area contributed by atoms with E-state index < -0.39 is 6.67 Å². The number of nitrogens with zero attached hydrogens (tertiary/aromatic N) is 3. The summed E-state index contributed by atoms with van der Waals surface area (Å²) in [6.07, 6.45) is 7.62. The highest BCUT2D eigenvalue weighted by molar-refractivity contribution is 6.06. The van der Waals surface area contributed by atoms with Crippen LogP contribution in [0.1, 0.15) is 32.6 Å². The van der Waals surface area contributed by atoms with Crippen LogP contribution in [0.15, 0.2) is 61.2 Å². The number of anilines is 2. The van der Waals surface area contributed by atoms with Crippen LogP contribution in [0.3, 0.4) is 0 Å². The first kappa shape index (κ1) is 25.2. The predicted octanol–water partition coefficient (Wildman–Crippen LogP) is 3.99. The molecule has 0 aliphatic carbocycles. The molecular formula is C27H28FN5O3. The molecule has 1 fully saturated rings. The summed E-state index contributed by atoms with van der Waals surface area (Å²) in [4.78, 5) is 35.3. The zero-order chi connectivity index (χ0) is 25.3. The lowest BCUT2D eigenvalue weighted by atomic mass is 10.0. The fourth-order valence-electron chi connectivity index (χ4n) is 3.83. The molecule has 0 saturated carbocycles. The lowest BCUT2D eigenvalue weighted by molar-refractivity contribution is -0.111. The van der Waals surface area contributed by atoms with Gasteiger partial charge < -0.3 is 15.4 Å². The quantitative estimate of drug-likeness (QED) is 0.465. The van der Waals surface area contributed by atoms with Crippen molar-refractivity contribution < 1.29 is 18.7 Å². The molecule has 186 valence electrons. The molecule has 1 aliphatic heterocycles. The Kier molecular flexibility index (Phi) is 8.48. The Bertz CT molecular complexity index is 1240. The normalized spacial score (nSPS) is 14.1. The molecule has 0 radical (unpaired) electrons. The summed E-state index contributed by atoms with van der Waals surface area (Å²) in [5.74, 6) is -0.679. The third kappa shape index (κ3) is 6.80. The average molecular weight is 490 g/mol. The summed E-state index contributed by atoms with van der Waals surface area (Å²) in [6.45, 7) is 4.77. The van der Waals surface area contributed by atoms with Crippen LogP contribution in [-0.4, -0.2) is 53.0 Å². The second-order valence-electron chi connectivity index (χ2n) is 8.48. The molecule has 9 heteroatoms. The minimum Gasteiger partial charge on any atom is -0.379 e. The molecule has 3 aromatic rings. The highest BCUT2D eigenvalue weighted by Gasteiger charge is 2.15. The maximum absolute atomic E-state index is 13.8. The number of aryl methyl sites for hydroxylation is 1. The van der Waals surface area contributed by atoms with E-state index in [1.54, 1.807) is 48.8 Å². The van der Waals surface area contributed by atoms with E-state index in [-0.39, 0.29) is 11.8 Å². The van der Waals surface area contributed by atoms with Crippen molar-refractivity contribution in [3.8, 4) is 0 Å². The molecule has 2 heterocycles. The van der Waals surface area contributed by atoms with Crippen LogP contribution in [-0.2, 0) is 22.8 Å². The van der Waals surface area contributed by atoms with Crippen LogP contribution in [0.25, 0.3) is 6.08 Å². The Labute approximate surface area is 209 Å². The van der Waals surface area contributed by atoms with Crippen molar-refractivity contribution in [2.45, 2.75) is 20.1 Å². The molecule has 4 rings (SSSR count). The first-order valence-electron chi connectivity index (χ1n) is 11.7. The van der Waals surface area contributed by atoms with E-state index >= 15 is 0 Å². The molecule has 0 atom stereocenters. The molecule has 2 aromatic carbocycles. The number of carbonyl (C=O) groups excluding carboxylic acids is 2. The van der Waals surface area contributed by atoms with Gasteiger partial charge in [0.1, 0.15) is 13.0 Å². The van der Waals surface area contributed by atoms with Gasteiger partial charge in [-0.05, 0) is 54.0 Å². The zero-order valence-corrected chi connectivity index (χ0v) is 20.0. The Morgan fingerprint density at radius 1 is 1.06 bits per heavy atom. The summed E-state index contributed by atoms with van der Waals surface area (Å²) in [6, 6.07) is 10.4. The predicted molar refractivity (Wildman–Crippen MR) is 136 cm³/mol. The SMILES string of the molecule is Cc1ccc(NC(=O)c2ccc(CN3CCOCC3)c(CF)c2)cc1NC(=O)/C=C/c1cncnc1. The summed E-state index contributed by atoms with van der Waals surface area (Å²) in [7, 11) is 0. The fourth-order valence-corrected chi connectivity index (χ4v) is 3.83. The fraction of sp³-hybridized carbons (Fsp3) is 0.259. The van der Waals surface area contributed by atoms with Gasteiger partial charge in [0.2, 0.25) is 5.91 Å². The molecule has 2 N–H and O–H groups in total. The van der Waals surface area contributed by atoms with Crippen LogP contribution in [0.5, 0.6) is 0 Å². The van der Waals surface area contributed by atoms with Gasteiger partial charge in [0.05, 0.1) is 13.2 Å². The van der Waals surface area contributed by atoms with Crippen LogP contribution >= 0.6 is 0 Å². The lowest BCUT2D eigenvalue weighted by Gasteiger charge is -2.27. The van der Waals surface area contributed by atoms with Crippen molar-refractivity contribution >= 4 is 29.3 Å². The van der Waals surface area contributed by atoms with Crippen LogP contribution in [0, 0.1) is 6.92 Å². The largest absolute Gasteiger partial charge is 0.379 e. The Morgan fingerprint density at radius 2 is 1.83 bits per heavy atom. The van der Waals surface area contributed by atoms with Gasteiger partial charge in [0.25, 0.3) is 5.91 Å². The number of benzene rings is 2. The van der Waals surface area contributed by atoms with Crippen molar-refractivity contribution in [1.29, 1.82) is 0 Å². The highest BCUT2D eigenvalue weighted by atomic mass is 19.1. The third-order valence-corrected chi connectivity index (χ3v) is 5.87. The smallest absolute Gasteiger partial charge is 0.255 e. The molecule has 0 unspecified atom stereocenters. The molecule has 8 nitrogen and oxygen atoms in total. The number of hydrogen-bond acceptors (Lipinski definition) is 6. The van der Waals surface area contributed by atoms with Gasteiger partial charge in [-0.15, -0.1) is 0 Å². The average Bonchev–Trinajstić information content (AvgIpc) is 2.91. The van der Waals surface area contributed by atoms with E-state index in [0.29, 0.717) is 47.8 Å². The minimum atomic E-state index is -0.649. The van der Waals surface area contributed by atoms with Crippen molar-refractivity contribution in [3.63, 3.8) is 0 Å². The molecule has 2 amide bonds. The van der Waals surface area contributed by atoms with E-state index in [1.165, 1.54) is 12.4 Å². The number of hydrogen-bond donors (Lipinski definition) is 2. The highest BCUT2D eigenvalue weighted by Crippen LogP contribution is 2.22. The standard InChI is InChI=1S/C27H28FN5O3/c1-19-2-6-24(13-25(19)32-26(34)7-3-20-15-29-18-30-16-20)31-27(35)21-4-5-22(23(12-21)14-28)17-33-8-10-36-11-9-33/h2-7,12-13,15-16,18H,8-11,14,17H2,1H3,(H,31,35)(H,32,34)/b7-3+. The van der Waals surface area contributed by atoms with Crippen LogP contribution in [0.2, 0.25) is 0 Å². The first-order valence-corrected chi connectivity index (χ1v) is 11.7. The van der Waals surface area contributed by atoms with Crippen molar-refractivity contribution in [3.05, 3.63) is 89.0 Å². The monoisotopic (exact) mass is 489 g/mol. The van der Waals surface area contributed by atoms with Crippen LogP contribution in [0.4, 0.5) is 15.8 Å². The topological polar surface area (TPSA) is 96.5 Å². The molecule has 1 aromatic heterocycles. The molecule has 0 spiro atoms. The van der Waals surface area contributed by atoms with Gasteiger partial charge in [-0.2, -0.15) is 0 Å². The van der Waals surface area contributed by atoms with E-state index in [9.17, 15) is 14.0 Å². The van der Waals surface area contributed by atoms with Gasteiger partial charge in [0, 0.05) is 60.6 Å². The first-order chi connectivity index (χ1) is 17.5. The number of halogens is 1. The van der Waals surface area contributed by atoms with Crippen molar-refractivity contribution in [2.75, 3.05) is 36.9 Å². The number of rotatable bonds is 8. The molecule has 0 bridgehead atoms. The summed E-state index contributed by atoms with van der Waals surface area (Å²) < 4.78 is 19.1. The molecule has 1 saturated heterocycles. The van der Waals surface area contributed by atoms with Crippen molar-refractivity contribution in [1.82, 2.24) is 14.9 Å². The Hall–Kier alpha value is -3.95. The van der Waals surface area contributed by atoms with Gasteiger partial charge in [0.15, 0.2) is 0 Å². The Balaban J connectivity index is 1.41. The Morgan fingerprint density at radius 3 is 2.58 bits per heavy atom. The maximum Gasteiger partial charge on any atom is 0.255 e. The second-order valence-corrected chi connectivity index (χ2v) is 8.48. The maximum atomic E-state index is 13.8.